The van der Waals surface area contributed by atoms with Gasteiger partial charge in [-0.3, -0.25) is 9.63 Å². The minimum atomic E-state index is 0.0444. The molecular formula is C7H8N2O2S. The lowest BCUT2D eigenvalue weighted by atomic mass is 10.4. The molecule has 1 aromatic rings. The fourth-order valence-corrected chi connectivity index (χ4v) is 1.59. The number of aromatic nitrogens is 1. The molecule has 0 aliphatic carbocycles. The van der Waals surface area contributed by atoms with Crippen LogP contribution in [0.25, 0.3) is 0 Å². The maximum absolute atomic E-state index is 11.1. The first-order valence-electron chi connectivity index (χ1n) is 3.66. The highest BCUT2D eigenvalue weighted by atomic mass is 32.1. The number of hydrogen-bond acceptors (Lipinski definition) is 4. The van der Waals surface area contributed by atoms with Gasteiger partial charge in [0.05, 0.1) is 30.8 Å². The number of nitrogens with zero attached hydrogens (tertiary/aromatic N) is 2. The van der Waals surface area contributed by atoms with Crippen LogP contribution in [-0.4, -0.2) is 22.6 Å². The molecule has 1 aliphatic heterocycles. The zero-order chi connectivity index (χ0) is 8.39. The smallest absolute Gasteiger partial charge is 0.248 e. The minimum Gasteiger partial charge on any atom is -0.272 e. The Hall–Kier alpha value is -0.940. The van der Waals surface area contributed by atoms with Crippen molar-refractivity contribution < 1.29 is 9.63 Å². The number of hydrogen-bond donors (Lipinski definition) is 0. The Balaban J connectivity index is 1.99. The Bertz CT molecular complexity index is 273. The van der Waals surface area contributed by atoms with Gasteiger partial charge in [-0.25, -0.2) is 10.0 Å². The van der Waals surface area contributed by atoms with Crippen LogP contribution in [-0.2, 0) is 16.2 Å². The second-order valence-electron chi connectivity index (χ2n) is 2.49. The maximum Gasteiger partial charge on any atom is 0.248 e. The van der Waals surface area contributed by atoms with Crippen molar-refractivity contribution in [1.29, 1.82) is 0 Å². The van der Waals surface area contributed by atoms with Gasteiger partial charge in [0, 0.05) is 5.38 Å². The molecule has 1 saturated heterocycles. The number of hydroxylamine groups is 2. The summed E-state index contributed by atoms with van der Waals surface area (Å²) in [4.78, 5) is 20.2. The monoisotopic (exact) mass is 184 g/mol. The third-order valence-corrected chi connectivity index (χ3v) is 2.27. The third kappa shape index (κ3) is 1.46. The summed E-state index contributed by atoms with van der Waals surface area (Å²) in [5.74, 6) is 0.0444. The van der Waals surface area contributed by atoms with Crippen molar-refractivity contribution in [1.82, 2.24) is 10.0 Å². The van der Waals surface area contributed by atoms with E-state index in [1.54, 1.807) is 5.51 Å². The quantitative estimate of drug-likeness (QED) is 0.683. The molecule has 64 valence electrons. The first-order valence-corrected chi connectivity index (χ1v) is 4.61. The number of carbonyl (C=O) groups excluding carboxylic acids is 1. The Morgan fingerprint density at radius 2 is 2.67 bits per heavy atom. The van der Waals surface area contributed by atoms with Crippen LogP contribution in [0.2, 0.25) is 0 Å². The number of amides is 1. The summed E-state index contributed by atoms with van der Waals surface area (Å²) >= 11 is 1.52. The average molecular weight is 184 g/mol. The Morgan fingerprint density at radius 1 is 1.75 bits per heavy atom. The first kappa shape index (κ1) is 7.70. The van der Waals surface area contributed by atoms with Crippen molar-refractivity contribution in [2.75, 3.05) is 6.61 Å². The van der Waals surface area contributed by atoms with Crippen LogP contribution in [0, 0.1) is 0 Å². The predicted molar refractivity (Wildman–Crippen MR) is 43.2 cm³/mol. The normalized spacial score (nSPS) is 17.3. The van der Waals surface area contributed by atoms with E-state index >= 15 is 0 Å². The van der Waals surface area contributed by atoms with Crippen LogP contribution >= 0.6 is 11.3 Å². The largest absolute Gasteiger partial charge is 0.272 e. The van der Waals surface area contributed by atoms with Crippen molar-refractivity contribution >= 4 is 17.2 Å². The second kappa shape index (κ2) is 3.20. The van der Waals surface area contributed by atoms with E-state index in [0.29, 0.717) is 19.6 Å². The third-order valence-electron chi connectivity index (χ3n) is 1.63. The summed E-state index contributed by atoms with van der Waals surface area (Å²) in [5, 5.41) is 3.28. The molecule has 2 heterocycles. The SMILES string of the molecule is O=C1CCON1Cc1cscn1. The molecule has 5 heteroatoms. The van der Waals surface area contributed by atoms with Crippen molar-refractivity contribution in [2.24, 2.45) is 0 Å². The van der Waals surface area contributed by atoms with E-state index in [1.165, 1.54) is 16.4 Å². The molecule has 4 nitrogen and oxygen atoms in total. The summed E-state index contributed by atoms with van der Waals surface area (Å²) in [7, 11) is 0. The fraction of sp³-hybridized carbons (Fsp3) is 0.429. The molecule has 0 saturated carbocycles. The van der Waals surface area contributed by atoms with Gasteiger partial charge < -0.3 is 0 Å². The van der Waals surface area contributed by atoms with Gasteiger partial charge in [0.15, 0.2) is 0 Å². The van der Waals surface area contributed by atoms with E-state index in [4.69, 9.17) is 4.84 Å². The van der Waals surface area contributed by atoms with Gasteiger partial charge >= 0.3 is 0 Å². The lowest BCUT2D eigenvalue weighted by Crippen LogP contribution is -2.22. The Labute approximate surface area is 73.7 Å². The van der Waals surface area contributed by atoms with E-state index in [9.17, 15) is 4.79 Å². The van der Waals surface area contributed by atoms with E-state index < -0.39 is 0 Å². The van der Waals surface area contributed by atoms with E-state index in [-0.39, 0.29) is 5.91 Å². The average Bonchev–Trinajstić information content (AvgIpc) is 2.65. The molecule has 0 atom stereocenters. The molecule has 1 aliphatic rings. The van der Waals surface area contributed by atoms with Crippen LogP contribution in [0.1, 0.15) is 12.1 Å². The number of carbonyl (C=O) groups is 1. The highest BCUT2D eigenvalue weighted by Gasteiger charge is 2.21. The molecular weight excluding hydrogens is 176 g/mol. The molecule has 0 bridgehead atoms. The van der Waals surface area contributed by atoms with Gasteiger partial charge in [0.2, 0.25) is 5.91 Å². The molecule has 0 N–H and O–H groups in total. The Morgan fingerprint density at radius 3 is 3.25 bits per heavy atom. The minimum absolute atomic E-state index is 0.0444. The summed E-state index contributed by atoms with van der Waals surface area (Å²) in [6.45, 7) is 0.977. The molecule has 1 amide bonds. The second-order valence-corrected chi connectivity index (χ2v) is 3.21. The van der Waals surface area contributed by atoms with Crippen molar-refractivity contribution in [3.05, 3.63) is 16.6 Å². The highest BCUT2D eigenvalue weighted by Crippen LogP contribution is 2.11. The van der Waals surface area contributed by atoms with Crippen LogP contribution in [0.5, 0.6) is 0 Å². The number of rotatable bonds is 2. The summed E-state index contributed by atoms with van der Waals surface area (Å²) < 4.78 is 0. The van der Waals surface area contributed by atoms with E-state index in [0.717, 1.165) is 5.69 Å². The van der Waals surface area contributed by atoms with Crippen LogP contribution in [0.4, 0.5) is 0 Å². The zero-order valence-corrected chi connectivity index (χ0v) is 7.21. The highest BCUT2D eigenvalue weighted by molar-refractivity contribution is 7.07. The van der Waals surface area contributed by atoms with Crippen LogP contribution < -0.4 is 0 Å². The lowest BCUT2D eigenvalue weighted by Gasteiger charge is -2.11. The molecule has 2 rings (SSSR count). The number of thiazole rings is 1. The Kier molecular flexibility index (Phi) is 2.05. The molecule has 1 fully saturated rings. The standard InChI is InChI=1S/C7H8N2O2S/c10-7-1-2-11-9(7)3-6-4-12-5-8-6/h4-5H,1-3H2. The van der Waals surface area contributed by atoms with E-state index in [2.05, 4.69) is 4.98 Å². The topological polar surface area (TPSA) is 42.4 Å². The zero-order valence-electron chi connectivity index (χ0n) is 6.40. The molecule has 0 radical (unpaired) electrons. The van der Waals surface area contributed by atoms with Gasteiger partial charge in [-0.05, 0) is 0 Å². The van der Waals surface area contributed by atoms with Crippen molar-refractivity contribution in [3.8, 4) is 0 Å². The lowest BCUT2D eigenvalue weighted by molar-refractivity contribution is -0.164. The van der Waals surface area contributed by atoms with Crippen molar-refractivity contribution in [2.45, 2.75) is 13.0 Å². The van der Waals surface area contributed by atoms with E-state index in [1.807, 2.05) is 5.38 Å². The summed E-state index contributed by atoms with van der Waals surface area (Å²) in [5.41, 5.74) is 2.63. The van der Waals surface area contributed by atoms with Crippen LogP contribution in [0.3, 0.4) is 0 Å². The maximum atomic E-state index is 11.1. The van der Waals surface area contributed by atoms with Gasteiger partial charge in [0.25, 0.3) is 0 Å². The molecule has 0 unspecified atom stereocenters. The van der Waals surface area contributed by atoms with Gasteiger partial charge in [-0.2, -0.15) is 0 Å². The summed E-state index contributed by atoms with van der Waals surface area (Å²) in [6, 6.07) is 0. The van der Waals surface area contributed by atoms with Crippen LogP contribution in [0.15, 0.2) is 10.9 Å². The summed E-state index contributed by atoms with van der Waals surface area (Å²) in [6.07, 6.45) is 0.490. The molecule has 0 spiro atoms. The molecule has 0 aromatic carbocycles. The molecule has 1 aromatic heterocycles. The predicted octanol–water partition coefficient (Wildman–Crippen LogP) is 0.807. The van der Waals surface area contributed by atoms with Gasteiger partial charge in [0.1, 0.15) is 0 Å². The first-order chi connectivity index (χ1) is 5.86. The van der Waals surface area contributed by atoms with Gasteiger partial charge in [-0.1, -0.05) is 0 Å². The van der Waals surface area contributed by atoms with Crippen molar-refractivity contribution in [3.63, 3.8) is 0 Å². The fourth-order valence-electron chi connectivity index (χ4n) is 1.04. The van der Waals surface area contributed by atoms with Gasteiger partial charge in [-0.15, -0.1) is 11.3 Å². The molecule has 12 heavy (non-hydrogen) atoms.